The largest absolute Gasteiger partial charge is 0.459 e. The van der Waals surface area contributed by atoms with Crippen molar-refractivity contribution in [2.45, 2.75) is 46.6 Å². The van der Waals surface area contributed by atoms with Crippen molar-refractivity contribution in [1.29, 1.82) is 0 Å². The number of amides is 1. The lowest BCUT2D eigenvalue weighted by atomic mass is 9.94. The number of likely N-dealkylation sites (tertiary alicyclic amines) is 1. The molecule has 130 valence electrons. The number of benzene rings is 1. The zero-order valence-corrected chi connectivity index (χ0v) is 15.0. The summed E-state index contributed by atoms with van der Waals surface area (Å²) in [4.78, 5) is 13.5. The minimum atomic E-state index is 0.0656. The van der Waals surface area contributed by atoms with Gasteiger partial charge >= 0.3 is 0 Å². The van der Waals surface area contributed by atoms with Crippen LogP contribution >= 0.6 is 0 Å². The van der Waals surface area contributed by atoms with Crippen LogP contribution in [0.1, 0.15) is 43.1 Å². The average Bonchev–Trinajstić information content (AvgIpc) is 2.84. The fraction of sp³-hybridized carbons (Fsp3) is 0.550. The van der Waals surface area contributed by atoms with Crippen molar-refractivity contribution in [3.05, 3.63) is 35.1 Å². The summed E-state index contributed by atoms with van der Waals surface area (Å²) in [5, 5.41) is 4.15. The number of hydrogen-bond donors (Lipinski definition) is 1. The molecular weight excluding hydrogens is 300 g/mol. The molecule has 0 radical (unpaired) electrons. The Hall–Kier alpha value is -1.81. The van der Waals surface area contributed by atoms with Crippen LogP contribution in [0.25, 0.3) is 11.0 Å². The molecule has 0 bridgehead atoms. The number of nitrogens with zero attached hydrogens (tertiary/aromatic N) is 1. The van der Waals surface area contributed by atoms with Gasteiger partial charge in [0.15, 0.2) is 0 Å². The van der Waals surface area contributed by atoms with E-state index in [-0.39, 0.29) is 5.91 Å². The lowest BCUT2D eigenvalue weighted by molar-refractivity contribution is -0.119. The van der Waals surface area contributed by atoms with Crippen LogP contribution in [-0.4, -0.2) is 30.4 Å². The number of fused-ring (bicyclic) bond motifs is 1. The molecule has 1 aromatic carbocycles. The summed E-state index contributed by atoms with van der Waals surface area (Å²) in [5.41, 5.74) is 3.54. The first-order valence-electron chi connectivity index (χ1n) is 8.98. The predicted molar refractivity (Wildman–Crippen MR) is 97.0 cm³/mol. The number of aryl methyl sites for hydroxylation is 2. The third-order valence-corrected chi connectivity index (χ3v) is 5.09. The number of furan rings is 1. The fourth-order valence-electron chi connectivity index (χ4n) is 3.72. The van der Waals surface area contributed by atoms with Crippen molar-refractivity contribution >= 4 is 16.9 Å². The fourth-order valence-corrected chi connectivity index (χ4v) is 3.72. The first-order chi connectivity index (χ1) is 11.5. The molecule has 1 atom stereocenters. The highest BCUT2D eigenvalue weighted by atomic mass is 16.3. The van der Waals surface area contributed by atoms with Crippen LogP contribution in [0.4, 0.5) is 0 Å². The normalized spacial score (nSPS) is 18.9. The van der Waals surface area contributed by atoms with Gasteiger partial charge in [-0.15, -0.1) is 0 Å². The second-order valence-corrected chi connectivity index (χ2v) is 7.16. The highest BCUT2D eigenvalue weighted by molar-refractivity contribution is 5.82. The number of hydrogen-bond acceptors (Lipinski definition) is 3. The summed E-state index contributed by atoms with van der Waals surface area (Å²) < 4.78 is 6.11. The zero-order chi connectivity index (χ0) is 17.1. The smallest absolute Gasteiger partial charge is 0.216 e. The maximum atomic E-state index is 11.0. The summed E-state index contributed by atoms with van der Waals surface area (Å²) in [6, 6.07) is 6.39. The molecule has 24 heavy (non-hydrogen) atoms. The van der Waals surface area contributed by atoms with Crippen LogP contribution in [-0.2, 0) is 11.3 Å². The van der Waals surface area contributed by atoms with Gasteiger partial charge in [-0.2, -0.15) is 0 Å². The molecule has 1 aliphatic heterocycles. The molecular formula is C20H28N2O2. The highest BCUT2D eigenvalue weighted by Gasteiger charge is 2.22. The van der Waals surface area contributed by atoms with Gasteiger partial charge in [-0.05, 0) is 63.3 Å². The van der Waals surface area contributed by atoms with E-state index in [0.29, 0.717) is 5.92 Å². The standard InChI is InChI=1S/C20H28N2O2/c1-14-6-7-19-18(11-14)15(2)20(24-19)13-22-10-4-5-17(12-22)8-9-21-16(3)23/h6-7,11,17H,4-5,8-10,12-13H2,1-3H3,(H,21,23)/t17-/m0/s1. The first kappa shape index (κ1) is 17.0. The van der Waals surface area contributed by atoms with E-state index in [0.717, 1.165) is 43.9 Å². The molecule has 0 aliphatic carbocycles. The summed E-state index contributed by atoms with van der Waals surface area (Å²) in [7, 11) is 0. The van der Waals surface area contributed by atoms with E-state index in [9.17, 15) is 4.79 Å². The zero-order valence-electron chi connectivity index (χ0n) is 15.0. The average molecular weight is 328 g/mol. The monoisotopic (exact) mass is 328 g/mol. The Balaban J connectivity index is 1.63. The summed E-state index contributed by atoms with van der Waals surface area (Å²) in [5.74, 6) is 1.83. The van der Waals surface area contributed by atoms with E-state index in [2.05, 4.69) is 42.3 Å². The molecule has 3 rings (SSSR count). The molecule has 1 saturated heterocycles. The van der Waals surface area contributed by atoms with Gasteiger partial charge < -0.3 is 9.73 Å². The Morgan fingerprint density at radius 1 is 1.38 bits per heavy atom. The SMILES string of the molecule is CC(=O)NCC[C@@H]1CCCN(Cc2oc3ccc(C)cc3c2C)C1. The molecule has 0 unspecified atom stereocenters. The molecule has 0 spiro atoms. The Bertz CT molecular complexity index is 720. The minimum absolute atomic E-state index is 0.0656. The molecule has 4 nitrogen and oxygen atoms in total. The Morgan fingerprint density at radius 3 is 3.00 bits per heavy atom. The molecule has 1 aromatic heterocycles. The molecule has 2 heterocycles. The summed E-state index contributed by atoms with van der Waals surface area (Å²) in [6.45, 7) is 9.77. The van der Waals surface area contributed by atoms with E-state index in [1.165, 1.54) is 29.4 Å². The number of carbonyl (C=O) groups excluding carboxylic acids is 1. The second-order valence-electron chi connectivity index (χ2n) is 7.16. The third kappa shape index (κ3) is 3.99. The van der Waals surface area contributed by atoms with Gasteiger partial charge in [-0.3, -0.25) is 9.69 Å². The van der Waals surface area contributed by atoms with Crippen molar-refractivity contribution in [3.8, 4) is 0 Å². The topological polar surface area (TPSA) is 45.5 Å². The second kappa shape index (κ2) is 7.39. The summed E-state index contributed by atoms with van der Waals surface area (Å²) >= 11 is 0. The summed E-state index contributed by atoms with van der Waals surface area (Å²) in [6.07, 6.45) is 3.55. The Morgan fingerprint density at radius 2 is 2.21 bits per heavy atom. The van der Waals surface area contributed by atoms with Gasteiger partial charge in [0.25, 0.3) is 0 Å². The van der Waals surface area contributed by atoms with Gasteiger partial charge in [0, 0.05) is 25.4 Å². The van der Waals surface area contributed by atoms with Gasteiger partial charge in [0.05, 0.1) is 6.54 Å². The van der Waals surface area contributed by atoms with Gasteiger partial charge in [0.1, 0.15) is 11.3 Å². The number of carbonyl (C=O) groups is 1. The van der Waals surface area contributed by atoms with Crippen molar-refractivity contribution < 1.29 is 9.21 Å². The van der Waals surface area contributed by atoms with Crippen LogP contribution in [0.5, 0.6) is 0 Å². The van der Waals surface area contributed by atoms with Crippen molar-refractivity contribution in [2.75, 3.05) is 19.6 Å². The molecule has 0 saturated carbocycles. The molecule has 4 heteroatoms. The molecule has 1 N–H and O–H groups in total. The third-order valence-electron chi connectivity index (χ3n) is 5.09. The Kier molecular flexibility index (Phi) is 5.24. The maximum absolute atomic E-state index is 11.0. The highest BCUT2D eigenvalue weighted by Crippen LogP contribution is 2.28. The first-order valence-corrected chi connectivity index (χ1v) is 8.98. The van der Waals surface area contributed by atoms with Crippen molar-refractivity contribution in [2.24, 2.45) is 5.92 Å². The van der Waals surface area contributed by atoms with Gasteiger partial charge in [-0.25, -0.2) is 0 Å². The van der Waals surface area contributed by atoms with E-state index in [1.54, 1.807) is 6.92 Å². The van der Waals surface area contributed by atoms with E-state index in [4.69, 9.17) is 4.42 Å². The van der Waals surface area contributed by atoms with E-state index in [1.807, 2.05) is 0 Å². The molecule has 1 aliphatic rings. The lowest BCUT2D eigenvalue weighted by Gasteiger charge is -2.32. The van der Waals surface area contributed by atoms with E-state index < -0.39 is 0 Å². The maximum Gasteiger partial charge on any atom is 0.216 e. The quantitative estimate of drug-likeness (QED) is 0.908. The minimum Gasteiger partial charge on any atom is -0.459 e. The van der Waals surface area contributed by atoms with Crippen LogP contribution < -0.4 is 5.32 Å². The molecule has 1 amide bonds. The van der Waals surface area contributed by atoms with Crippen molar-refractivity contribution in [3.63, 3.8) is 0 Å². The molecule has 2 aromatic rings. The van der Waals surface area contributed by atoms with Crippen LogP contribution in [0.15, 0.2) is 22.6 Å². The van der Waals surface area contributed by atoms with Crippen LogP contribution in [0, 0.1) is 19.8 Å². The van der Waals surface area contributed by atoms with Crippen molar-refractivity contribution in [1.82, 2.24) is 10.2 Å². The number of rotatable bonds is 5. The predicted octanol–water partition coefficient (Wildman–Crippen LogP) is 3.79. The van der Waals surface area contributed by atoms with Gasteiger partial charge in [0.2, 0.25) is 5.91 Å². The van der Waals surface area contributed by atoms with Crippen LogP contribution in [0.3, 0.4) is 0 Å². The Labute approximate surface area is 144 Å². The molecule has 1 fully saturated rings. The van der Waals surface area contributed by atoms with Crippen LogP contribution in [0.2, 0.25) is 0 Å². The number of nitrogens with one attached hydrogen (secondary N) is 1. The van der Waals surface area contributed by atoms with E-state index >= 15 is 0 Å². The van der Waals surface area contributed by atoms with Gasteiger partial charge in [-0.1, -0.05) is 11.6 Å². The number of piperidine rings is 1. The lowest BCUT2D eigenvalue weighted by Crippen LogP contribution is -2.36.